The molecular weight excluding hydrogens is 514 g/mol. The summed E-state index contributed by atoms with van der Waals surface area (Å²) in [5, 5.41) is 2.78. The molecule has 11 heteroatoms. The Morgan fingerprint density at radius 1 is 1.16 bits per heavy atom. The summed E-state index contributed by atoms with van der Waals surface area (Å²) in [6.07, 6.45) is 1.58. The van der Waals surface area contributed by atoms with E-state index >= 15 is 0 Å². The van der Waals surface area contributed by atoms with Crippen LogP contribution in [0.25, 0.3) is 11.0 Å². The molecule has 1 aliphatic heterocycles. The fourth-order valence-electron chi connectivity index (χ4n) is 4.36. The number of hydrogen-bond donors (Lipinski definition) is 1. The molecule has 0 bridgehead atoms. The first-order chi connectivity index (χ1) is 17.7. The zero-order chi connectivity index (χ0) is 27.9. The fourth-order valence-corrected chi connectivity index (χ4v) is 5.56. The number of amides is 1. The maximum atomic E-state index is 14.5. The van der Waals surface area contributed by atoms with Gasteiger partial charge in [-0.1, -0.05) is 20.8 Å². The summed E-state index contributed by atoms with van der Waals surface area (Å²) in [5.74, 6) is -3.44. The van der Waals surface area contributed by atoms with Crippen molar-refractivity contribution in [2.45, 2.75) is 57.9 Å². The van der Waals surface area contributed by atoms with Crippen LogP contribution in [-0.4, -0.2) is 44.1 Å². The van der Waals surface area contributed by atoms with Gasteiger partial charge in [0.05, 0.1) is 16.7 Å². The van der Waals surface area contributed by atoms with Gasteiger partial charge in [-0.2, -0.15) is 13.0 Å². The Balaban J connectivity index is 1.62. The number of carbonyl (C=O) groups is 1. The summed E-state index contributed by atoms with van der Waals surface area (Å²) in [4.78, 5) is 16.6. The molecule has 1 amide bonds. The van der Waals surface area contributed by atoms with Crippen molar-refractivity contribution in [1.82, 2.24) is 9.55 Å². The summed E-state index contributed by atoms with van der Waals surface area (Å²) >= 11 is 0. The van der Waals surface area contributed by atoms with Crippen LogP contribution >= 0.6 is 0 Å². The third kappa shape index (κ3) is 5.83. The molecule has 2 aromatic carbocycles. The number of nitrogens with one attached hydrogen (secondary N) is 1. The molecule has 1 unspecified atom stereocenters. The number of rotatable bonds is 7. The van der Waals surface area contributed by atoms with E-state index in [2.05, 4.69) is 10.3 Å². The normalized spacial score (nSPS) is 16.8. The molecule has 2 N–H and O–H groups in total. The van der Waals surface area contributed by atoms with Crippen molar-refractivity contribution < 1.29 is 26.7 Å². The third-order valence-corrected chi connectivity index (χ3v) is 8.58. The Morgan fingerprint density at radius 3 is 2.37 bits per heavy atom. The van der Waals surface area contributed by atoms with E-state index in [0.717, 1.165) is 19.8 Å². The number of imidazole rings is 1. The van der Waals surface area contributed by atoms with Gasteiger partial charge in [-0.15, -0.1) is 0 Å². The molecule has 1 atom stereocenters. The average Bonchev–Trinajstić information content (AvgIpc) is 3.22. The van der Waals surface area contributed by atoms with Crippen molar-refractivity contribution in [2.75, 3.05) is 29.9 Å². The van der Waals surface area contributed by atoms with Gasteiger partial charge < -0.3 is 14.6 Å². The topological polar surface area (TPSA) is 97.9 Å². The number of benzene rings is 2. The molecule has 3 aromatic rings. The van der Waals surface area contributed by atoms with E-state index in [9.17, 15) is 22.0 Å². The molecule has 0 saturated carbocycles. The van der Waals surface area contributed by atoms with E-state index in [-0.39, 0.29) is 22.5 Å². The second kappa shape index (κ2) is 10.3. The van der Waals surface area contributed by atoms with Gasteiger partial charge in [0.1, 0.15) is 4.90 Å². The molecule has 0 spiro atoms. The van der Waals surface area contributed by atoms with E-state index in [1.54, 1.807) is 55.7 Å². The van der Waals surface area contributed by atoms with Gasteiger partial charge in [-0.3, -0.25) is 4.79 Å². The van der Waals surface area contributed by atoms with Gasteiger partial charge in [0.25, 0.3) is 0 Å². The number of anilines is 2. The van der Waals surface area contributed by atoms with Gasteiger partial charge in [0.2, 0.25) is 5.91 Å². The number of halogens is 2. The van der Waals surface area contributed by atoms with Crippen molar-refractivity contribution in [3.05, 3.63) is 48.3 Å². The zero-order valence-corrected chi connectivity index (χ0v) is 23.1. The highest BCUT2D eigenvalue weighted by molar-refractivity contribution is 7.92. The molecule has 0 aliphatic carbocycles. The number of ether oxygens (including phenoxy) is 1. The van der Waals surface area contributed by atoms with Crippen LogP contribution in [0.4, 0.5) is 20.2 Å². The second-order valence-electron chi connectivity index (χ2n) is 10.9. The summed E-state index contributed by atoms with van der Waals surface area (Å²) in [6.45, 7) is 7.83. The summed E-state index contributed by atoms with van der Waals surface area (Å²) in [6, 6.07) is 11.0. The Morgan fingerprint density at radius 2 is 1.79 bits per heavy atom. The average molecular weight is 550 g/mol. The van der Waals surface area contributed by atoms with Gasteiger partial charge in [-0.05, 0) is 61.2 Å². The third-order valence-electron chi connectivity index (χ3n) is 6.74. The van der Waals surface area contributed by atoms with Gasteiger partial charge in [0, 0.05) is 44.8 Å². The van der Waals surface area contributed by atoms with Crippen molar-refractivity contribution >= 4 is 38.3 Å². The lowest BCUT2D eigenvalue weighted by atomic mass is 9.95. The number of nitrogens with zero attached hydrogens (tertiary/aromatic N) is 3. The van der Waals surface area contributed by atoms with Crippen molar-refractivity contribution in [3.8, 4) is 0 Å². The zero-order valence-electron chi connectivity index (χ0n) is 22.3. The summed E-state index contributed by atoms with van der Waals surface area (Å²) in [5.41, 5.74) is 1.16. The number of alkyl halides is 2. The number of hydrogen-bond acceptors (Lipinski definition) is 4. The lowest BCUT2D eigenvalue weighted by Crippen LogP contribution is -2.28. The van der Waals surface area contributed by atoms with E-state index in [1.807, 2.05) is 0 Å². The van der Waals surface area contributed by atoms with Crippen LogP contribution in [-0.2, 0) is 32.0 Å². The quantitative estimate of drug-likeness (QED) is 0.391. The molecule has 1 aromatic heterocycles. The highest BCUT2D eigenvalue weighted by atomic mass is 32.2. The smallest absolute Gasteiger partial charge is 0.381 e. The predicted molar refractivity (Wildman–Crippen MR) is 144 cm³/mol. The first-order valence-electron chi connectivity index (χ1n) is 12.6. The van der Waals surface area contributed by atoms with Crippen LogP contribution in [0, 0.1) is 11.3 Å². The van der Waals surface area contributed by atoms with E-state index in [1.165, 1.54) is 23.5 Å². The number of aromatic nitrogens is 2. The van der Waals surface area contributed by atoms with Gasteiger partial charge >= 0.3 is 15.9 Å². The molecule has 2 heterocycles. The molecular formula is C27H35F2N4O4S+. The van der Waals surface area contributed by atoms with Crippen LogP contribution in [0.15, 0.2) is 47.4 Å². The molecule has 38 heavy (non-hydrogen) atoms. The molecule has 8 nitrogen and oxygen atoms in total. The van der Waals surface area contributed by atoms with Gasteiger partial charge in [-0.25, -0.2) is 13.5 Å². The largest absolute Gasteiger partial charge is 0.398 e. The Labute approximate surface area is 222 Å². The minimum absolute atomic E-state index is 0.139. The van der Waals surface area contributed by atoms with E-state index in [0.29, 0.717) is 42.2 Å². The highest BCUT2D eigenvalue weighted by Gasteiger charge is 2.34. The first-order valence-corrected chi connectivity index (χ1v) is 14.0. The molecule has 206 valence electrons. The van der Waals surface area contributed by atoms with Gasteiger partial charge in [0.15, 0.2) is 5.82 Å². The van der Waals surface area contributed by atoms with Crippen LogP contribution in [0.2, 0.25) is 0 Å². The standard InChI is InChI=1S/C27H34F2N4O4S/c1-26(2,3)25(34)30-19-6-9-21(10-7-19)38(35,36)32(5)20-8-11-23-22(16-20)31-24(27(4,28)29)33(23)17-18-12-14-37-15-13-18/h6-11,16,18H,12-15,17H2,1-5H3,(H,30,34)/p+1. The fraction of sp³-hybridized carbons (Fsp3) is 0.481. The molecule has 1 fully saturated rings. The van der Waals surface area contributed by atoms with Crippen molar-refractivity contribution in [1.29, 1.82) is 0 Å². The highest BCUT2D eigenvalue weighted by Crippen LogP contribution is 2.34. The van der Waals surface area contributed by atoms with E-state index < -0.39 is 21.4 Å². The molecule has 1 saturated heterocycles. The van der Waals surface area contributed by atoms with E-state index in [4.69, 9.17) is 4.74 Å². The molecule has 0 radical (unpaired) electrons. The van der Waals surface area contributed by atoms with Crippen LogP contribution in [0.1, 0.15) is 46.4 Å². The second-order valence-corrected chi connectivity index (χ2v) is 12.9. The SMILES string of the molecule is CN(c1ccc2c(c1)nc(C(C)(F)F)n2CC1CCOCC1)S(=O)(=[OH+])c1ccc(NC(=O)C(C)(C)C)cc1. The number of carbonyl (C=O) groups excluding carboxylic acids is 1. The maximum absolute atomic E-state index is 14.5. The lowest BCUT2D eigenvalue weighted by molar-refractivity contribution is -0.123. The lowest BCUT2D eigenvalue weighted by Gasteiger charge is -2.24. The molecule has 1 aliphatic rings. The first kappa shape index (κ1) is 28.0. The molecule has 4 rings (SSSR count). The predicted octanol–water partition coefficient (Wildman–Crippen LogP) is 5.54. The van der Waals surface area contributed by atoms with Crippen molar-refractivity contribution in [3.63, 3.8) is 0 Å². The Hall–Kier alpha value is -3.05. The minimum Gasteiger partial charge on any atom is -0.381 e. The van der Waals surface area contributed by atoms with Crippen molar-refractivity contribution in [2.24, 2.45) is 11.3 Å². The monoisotopic (exact) mass is 549 g/mol. The summed E-state index contributed by atoms with van der Waals surface area (Å²) in [7, 11) is -2.25. The maximum Gasteiger partial charge on any atom is 0.398 e. The van der Waals surface area contributed by atoms with Crippen LogP contribution < -0.4 is 9.62 Å². The minimum atomic E-state index is -3.71. The number of fused-ring (bicyclic) bond motifs is 1. The summed E-state index contributed by atoms with van der Waals surface area (Å²) < 4.78 is 61.7. The Kier molecular flexibility index (Phi) is 7.55. The van der Waals surface area contributed by atoms with Crippen LogP contribution in [0.5, 0.6) is 0 Å². The van der Waals surface area contributed by atoms with Crippen LogP contribution in [0.3, 0.4) is 0 Å². The Bertz CT molecular complexity index is 1420.